The quantitative estimate of drug-likeness (QED) is 0.383. The zero-order valence-corrected chi connectivity index (χ0v) is 12.4. The van der Waals surface area contributed by atoms with Crippen molar-refractivity contribution < 1.29 is 29.2 Å². The van der Waals surface area contributed by atoms with Gasteiger partial charge >= 0.3 is 0 Å². The Morgan fingerprint density at radius 1 is 0.400 bits per heavy atom. The molecule has 0 atom stereocenters. The van der Waals surface area contributed by atoms with Gasteiger partial charge in [-0.1, -0.05) is 12.8 Å². The maximum atomic E-state index is 8.49. The maximum Gasteiger partial charge on any atom is 0.0701 e. The van der Waals surface area contributed by atoms with Crippen LogP contribution in [0, 0.1) is 0 Å². The smallest absolute Gasteiger partial charge is 0.0701 e. The van der Waals surface area contributed by atoms with Gasteiger partial charge in [-0.25, -0.2) is 0 Å². The van der Waals surface area contributed by atoms with Crippen molar-refractivity contribution in [3.05, 3.63) is 0 Å². The Morgan fingerprint density at radius 3 is 1.10 bits per heavy atom. The first kappa shape index (κ1) is 19.8. The van der Waals surface area contributed by atoms with Crippen LogP contribution >= 0.6 is 0 Å². The van der Waals surface area contributed by atoms with Gasteiger partial charge in [0.05, 0.1) is 52.9 Å². The Hall–Kier alpha value is -0.240. The fraction of sp³-hybridized carbons (Fsp3) is 1.00. The van der Waals surface area contributed by atoms with Gasteiger partial charge in [0.1, 0.15) is 0 Å². The van der Waals surface area contributed by atoms with E-state index in [2.05, 4.69) is 0 Å². The van der Waals surface area contributed by atoms with E-state index in [4.69, 9.17) is 29.2 Å². The zero-order valence-electron chi connectivity index (χ0n) is 12.4. The Balaban J connectivity index is 2.89. The molecule has 0 aromatic heterocycles. The van der Waals surface area contributed by atoms with Gasteiger partial charge < -0.3 is 29.2 Å². The van der Waals surface area contributed by atoms with E-state index in [0.717, 1.165) is 38.9 Å². The molecule has 0 aromatic rings. The third-order valence-electron chi connectivity index (χ3n) is 2.54. The van der Waals surface area contributed by atoms with Crippen LogP contribution in [0.1, 0.15) is 25.7 Å². The molecule has 0 aromatic carbocycles. The van der Waals surface area contributed by atoms with Gasteiger partial charge in [-0.05, 0) is 12.8 Å². The average molecular weight is 294 g/mol. The molecule has 0 saturated heterocycles. The molecule has 0 saturated carbocycles. The molecule has 2 N–H and O–H groups in total. The second-order valence-corrected chi connectivity index (χ2v) is 4.31. The second kappa shape index (κ2) is 18.8. The summed E-state index contributed by atoms with van der Waals surface area (Å²) in [4.78, 5) is 0. The number of unbranched alkanes of at least 4 members (excludes halogenated alkanes) is 3. The predicted octanol–water partition coefficient (Wildman–Crippen LogP) is 0.598. The topological polar surface area (TPSA) is 77.4 Å². The minimum absolute atomic E-state index is 0.0651. The van der Waals surface area contributed by atoms with Gasteiger partial charge in [0.15, 0.2) is 0 Å². The molecule has 0 aliphatic heterocycles. The third-order valence-corrected chi connectivity index (χ3v) is 2.54. The molecule has 20 heavy (non-hydrogen) atoms. The van der Waals surface area contributed by atoms with Crippen LogP contribution in [-0.4, -0.2) is 76.3 Å². The molecule has 0 rings (SSSR count). The molecule has 0 radical (unpaired) electrons. The molecule has 0 aliphatic carbocycles. The van der Waals surface area contributed by atoms with Crippen molar-refractivity contribution >= 4 is 0 Å². The highest BCUT2D eigenvalue weighted by Gasteiger charge is 1.93. The van der Waals surface area contributed by atoms with Crippen LogP contribution in [0.15, 0.2) is 0 Å². The van der Waals surface area contributed by atoms with Gasteiger partial charge in [-0.15, -0.1) is 0 Å². The van der Waals surface area contributed by atoms with Crippen molar-refractivity contribution in [1.29, 1.82) is 0 Å². The lowest BCUT2D eigenvalue weighted by Crippen LogP contribution is -2.08. The Kier molecular flexibility index (Phi) is 18.5. The standard InChI is InChI=1S/C14H30O6/c15-5-9-19-13-11-17-7-3-1-2-4-8-18-12-14-20-10-6-16/h15-16H,1-14H2. The number of aliphatic hydroxyl groups excluding tert-OH is 2. The number of aliphatic hydroxyl groups is 2. The van der Waals surface area contributed by atoms with Crippen molar-refractivity contribution in [2.24, 2.45) is 0 Å². The molecule has 0 heterocycles. The van der Waals surface area contributed by atoms with E-state index in [1.54, 1.807) is 0 Å². The van der Waals surface area contributed by atoms with E-state index < -0.39 is 0 Å². The van der Waals surface area contributed by atoms with Crippen LogP contribution in [0.3, 0.4) is 0 Å². The van der Waals surface area contributed by atoms with Crippen molar-refractivity contribution in [1.82, 2.24) is 0 Å². The molecule has 6 heteroatoms. The molecule has 0 unspecified atom stereocenters. The highest BCUT2D eigenvalue weighted by atomic mass is 16.5. The van der Waals surface area contributed by atoms with Crippen LogP contribution < -0.4 is 0 Å². The Morgan fingerprint density at radius 2 is 0.750 bits per heavy atom. The van der Waals surface area contributed by atoms with E-state index >= 15 is 0 Å². The molecule has 6 nitrogen and oxygen atoms in total. The molecule has 122 valence electrons. The van der Waals surface area contributed by atoms with Crippen molar-refractivity contribution in [2.75, 3.05) is 66.1 Å². The number of ether oxygens (including phenoxy) is 4. The van der Waals surface area contributed by atoms with Crippen molar-refractivity contribution in [2.45, 2.75) is 25.7 Å². The third kappa shape index (κ3) is 17.8. The molecular formula is C14H30O6. The van der Waals surface area contributed by atoms with Crippen LogP contribution in [0.5, 0.6) is 0 Å². The number of hydrogen-bond acceptors (Lipinski definition) is 6. The Bertz CT molecular complexity index is 150. The molecule has 0 bridgehead atoms. The summed E-state index contributed by atoms with van der Waals surface area (Å²) in [7, 11) is 0. The summed E-state index contributed by atoms with van der Waals surface area (Å²) in [5.74, 6) is 0. The lowest BCUT2D eigenvalue weighted by molar-refractivity contribution is 0.0295. The Labute approximate surface area is 122 Å². The predicted molar refractivity (Wildman–Crippen MR) is 75.9 cm³/mol. The van der Waals surface area contributed by atoms with Gasteiger partial charge in [0, 0.05) is 13.2 Å². The average Bonchev–Trinajstić information content (AvgIpc) is 2.47. The maximum absolute atomic E-state index is 8.49. The van der Waals surface area contributed by atoms with E-state index in [9.17, 15) is 0 Å². The molecule has 0 amide bonds. The fourth-order valence-corrected chi connectivity index (χ4v) is 1.53. The summed E-state index contributed by atoms with van der Waals surface area (Å²) in [6, 6.07) is 0. The fourth-order valence-electron chi connectivity index (χ4n) is 1.53. The van der Waals surface area contributed by atoms with Gasteiger partial charge in [-0.2, -0.15) is 0 Å². The first-order chi connectivity index (χ1) is 9.91. The molecular weight excluding hydrogens is 264 g/mol. The van der Waals surface area contributed by atoms with Gasteiger partial charge in [0.2, 0.25) is 0 Å². The van der Waals surface area contributed by atoms with E-state index in [1.807, 2.05) is 0 Å². The van der Waals surface area contributed by atoms with Crippen molar-refractivity contribution in [3.63, 3.8) is 0 Å². The molecule has 0 aliphatic rings. The summed E-state index contributed by atoms with van der Waals surface area (Å²) in [5.41, 5.74) is 0. The van der Waals surface area contributed by atoms with Crippen LogP contribution in [0.4, 0.5) is 0 Å². The summed E-state index contributed by atoms with van der Waals surface area (Å²) in [5, 5.41) is 17.0. The van der Waals surface area contributed by atoms with Gasteiger partial charge in [-0.3, -0.25) is 0 Å². The van der Waals surface area contributed by atoms with E-state index in [1.165, 1.54) is 0 Å². The summed E-state index contributed by atoms with van der Waals surface area (Å²) >= 11 is 0. The second-order valence-electron chi connectivity index (χ2n) is 4.31. The number of rotatable bonds is 17. The summed E-state index contributed by atoms with van der Waals surface area (Å²) < 4.78 is 20.9. The van der Waals surface area contributed by atoms with Crippen molar-refractivity contribution in [3.8, 4) is 0 Å². The highest BCUT2D eigenvalue weighted by Crippen LogP contribution is 2.00. The van der Waals surface area contributed by atoms with Crippen LogP contribution in [0.2, 0.25) is 0 Å². The first-order valence-electron chi connectivity index (χ1n) is 7.44. The first-order valence-corrected chi connectivity index (χ1v) is 7.44. The number of hydrogen-bond donors (Lipinski definition) is 2. The highest BCUT2D eigenvalue weighted by molar-refractivity contribution is 4.43. The largest absolute Gasteiger partial charge is 0.394 e. The molecule has 0 spiro atoms. The van der Waals surface area contributed by atoms with E-state index in [-0.39, 0.29) is 13.2 Å². The minimum Gasteiger partial charge on any atom is -0.394 e. The van der Waals surface area contributed by atoms with E-state index in [0.29, 0.717) is 39.6 Å². The van der Waals surface area contributed by atoms with Gasteiger partial charge in [0.25, 0.3) is 0 Å². The lowest BCUT2D eigenvalue weighted by Gasteiger charge is -2.06. The summed E-state index contributed by atoms with van der Waals surface area (Å²) in [6.07, 6.45) is 4.39. The normalized spacial score (nSPS) is 11.1. The SMILES string of the molecule is OCCOCCOCCCCCCOCCOCCO. The van der Waals surface area contributed by atoms with Crippen LogP contribution in [0.25, 0.3) is 0 Å². The zero-order chi connectivity index (χ0) is 14.7. The summed E-state index contributed by atoms with van der Waals surface area (Å²) in [6.45, 7) is 4.71. The monoisotopic (exact) mass is 294 g/mol. The minimum atomic E-state index is 0.0651. The molecule has 0 fully saturated rings. The van der Waals surface area contributed by atoms with Crippen LogP contribution in [-0.2, 0) is 18.9 Å². The lowest BCUT2D eigenvalue weighted by atomic mass is 10.2.